The molecule has 0 radical (unpaired) electrons. The normalized spacial score (nSPS) is 38.1. The van der Waals surface area contributed by atoms with Gasteiger partial charge in [0, 0.05) is 26.2 Å². The van der Waals surface area contributed by atoms with Crippen LogP contribution in [0.2, 0.25) is 0 Å². The molecular weight excluding hydrogens is 232 g/mol. The van der Waals surface area contributed by atoms with Crippen molar-refractivity contribution in [2.24, 2.45) is 11.8 Å². The molecule has 0 aromatic rings. The second-order valence-electron chi connectivity index (χ2n) is 6.07. The molecule has 0 aromatic carbocycles. The lowest BCUT2D eigenvalue weighted by Crippen LogP contribution is -2.46. The van der Waals surface area contributed by atoms with Crippen LogP contribution in [0.3, 0.4) is 0 Å². The Kier molecular flexibility index (Phi) is 4.25. The fraction of sp³-hybridized carbons (Fsp3) is 0.923. The number of carbonyl (C=O) groups excluding carboxylic acids is 1. The average Bonchev–Trinajstić information content (AvgIpc) is 2.56. The quantitative estimate of drug-likeness (QED) is 0.701. The van der Waals surface area contributed by atoms with Crippen molar-refractivity contribution < 1.29 is 15.0 Å². The summed E-state index contributed by atoms with van der Waals surface area (Å²) in [6, 6.07) is 0. The van der Waals surface area contributed by atoms with Crippen molar-refractivity contribution in [1.82, 2.24) is 9.80 Å². The number of likely N-dealkylation sites (tertiary alicyclic amines) is 2. The number of aliphatic hydroxyl groups is 2. The highest BCUT2D eigenvalue weighted by Crippen LogP contribution is 2.21. The maximum atomic E-state index is 12.2. The lowest BCUT2D eigenvalue weighted by Gasteiger charge is -2.35. The zero-order valence-electron chi connectivity index (χ0n) is 11.2. The minimum absolute atomic E-state index is 0.120. The van der Waals surface area contributed by atoms with Gasteiger partial charge in [0.25, 0.3) is 0 Å². The molecule has 2 aliphatic heterocycles. The third kappa shape index (κ3) is 3.22. The van der Waals surface area contributed by atoms with Gasteiger partial charge in [-0.1, -0.05) is 13.8 Å². The van der Waals surface area contributed by atoms with Crippen molar-refractivity contribution in [2.75, 3.05) is 32.7 Å². The molecule has 0 aliphatic carbocycles. The Morgan fingerprint density at radius 3 is 2.06 bits per heavy atom. The summed E-state index contributed by atoms with van der Waals surface area (Å²) in [5, 5.41) is 18.9. The third-order valence-corrected chi connectivity index (χ3v) is 3.92. The molecule has 2 aliphatic rings. The highest BCUT2D eigenvalue weighted by molar-refractivity contribution is 5.78. The molecule has 2 N–H and O–H groups in total. The van der Waals surface area contributed by atoms with E-state index in [9.17, 15) is 15.0 Å². The summed E-state index contributed by atoms with van der Waals surface area (Å²) in [5.41, 5.74) is 0. The van der Waals surface area contributed by atoms with Gasteiger partial charge >= 0.3 is 0 Å². The van der Waals surface area contributed by atoms with E-state index >= 15 is 0 Å². The summed E-state index contributed by atoms with van der Waals surface area (Å²) < 4.78 is 0. The van der Waals surface area contributed by atoms with Gasteiger partial charge in [0.1, 0.15) is 0 Å². The van der Waals surface area contributed by atoms with E-state index in [1.54, 1.807) is 0 Å². The number of carbonyl (C=O) groups is 1. The van der Waals surface area contributed by atoms with Crippen LogP contribution in [0.25, 0.3) is 0 Å². The first-order valence-corrected chi connectivity index (χ1v) is 6.82. The summed E-state index contributed by atoms with van der Waals surface area (Å²) in [5.74, 6) is 1.25. The van der Waals surface area contributed by atoms with Crippen LogP contribution in [0.5, 0.6) is 0 Å². The Morgan fingerprint density at radius 1 is 1.06 bits per heavy atom. The number of hydrogen-bond acceptors (Lipinski definition) is 4. The molecule has 2 heterocycles. The van der Waals surface area contributed by atoms with E-state index in [0.717, 1.165) is 13.1 Å². The van der Waals surface area contributed by atoms with Crippen LogP contribution >= 0.6 is 0 Å². The lowest BCUT2D eigenvalue weighted by atomic mass is 9.92. The number of aliphatic hydroxyl groups excluding tert-OH is 2. The van der Waals surface area contributed by atoms with Crippen molar-refractivity contribution in [3.63, 3.8) is 0 Å². The third-order valence-electron chi connectivity index (χ3n) is 3.92. The van der Waals surface area contributed by atoms with E-state index in [4.69, 9.17) is 0 Å². The molecule has 0 bridgehead atoms. The number of rotatable bonds is 2. The Morgan fingerprint density at radius 2 is 1.56 bits per heavy atom. The summed E-state index contributed by atoms with van der Waals surface area (Å²) in [6.07, 6.45) is -0.237. The highest BCUT2D eigenvalue weighted by atomic mass is 16.3. The van der Waals surface area contributed by atoms with Gasteiger partial charge in [-0.15, -0.1) is 0 Å². The minimum atomic E-state index is -0.711. The van der Waals surface area contributed by atoms with Crippen LogP contribution in [0.15, 0.2) is 0 Å². The van der Waals surface area contributed by atoms with Crippen LogP contribution in [-0.4, -0.2) is 70.9 Å². The number of piperidine rings is 1. The van der Waals surface area contributed by atoms with Crippen LogP contribution in [0.4, 0.5) is 0 Å². The first-order valence-electron chi connectivity index (χ1n) is 6.82. The van der Waals surface area contributed by atoms with E-state index in [-0.39, 0.29) is 5.91 Å². The summed E-state index contributed by atoms with van der Waals surface area (Å²) >= 11 is 0. The number of β-amino-alcohol motifs (C(OH)–C–C–N with tert-alkyl or cyclic N) is 2. The minimum Gasteiger partial charge on any atom is -0.389 e. The van der Waals surface area contributed by atoms with Gasteiger partial charge in [0.15, 0.2) is 0 Å². The molecule has 18 heavy (non-hydrogen) atoms. The van der Waals surface area contributed by atoms with Crippen LogP contribution in [0.1, 0.15) is 20.3 Å². The molecule has 2 rings (SSSR count). The van der Waals surface area contributed by atoms with Crippen LogP contribution < -0.4 is 0 Å². The first-order chi connectivity index (χ1) is 8.45. The second kappa shape index (κ2) is 5.55. The maximum Gasteiger partial charge on any atom is 0.236 e. The molecule has 2 unspecified atom stereocenters. The molecule has 5 heteroatoms. The first kappa shape index (κ1) is 13.8. The number of amides is 1. The van der Waals surface area contributed by atoms with Gasteiger partial charge in [-0.3, -0.25) is 9.69 Å². The SMILES string of the molecule is CC1CC(C)CN(C(=O)CN2C[C@@H](O)[C@@H](O)C2)C1. The molecule has 0 saturated carbocycles. The van der Waals surface area contributed by atoms with Gasteiger partial charge in [-0.05, 0) is 18.3 Å². The largest absolute Gasteiger partial charge is 0.389 e. The van der Waals surface area contributed by atoms with Crippen molar-refractivity contribution in [2.45, 2.75) is 32.5 Å². The summed E-state index contributed by atoms with van der Waals surface area (Å²) in [7, 11) is 0. The van der Waals surface area contributed by atoms with Crippen molar-refractivity contribution in [3.8, 4) is 0 Å². The van der Waals surface area contributed by atoms with Crippen LogP contribution in [-0.2, 0) is 4.79 Å². The summed E-state index contributed by atoms with van der Waals surface area (Å²) in [4.78, 5) is 15.9. The van der Waals surface area contributed by atoms with Gasteiger partial charge in [0.2, 0.25) is 5.91 Å². The number of nitrogens with zero attached hydrogens (tertiary/aromatic N) is 2. The molecule has 0 spiro atoms. The maximum absolute atomic E-state index is 12.2. The molecule has 4 atom stereocenters. The predicted octanol–water partition coefficient (Wildman–Crippen LogP) is -0.472. The predicted molar refractivity (Wildman–Crippen MR) is 68.0 cm³/mol. The zero-order valence-corrected chi connectivity index (χ0v) is 11.2. The topological polar surface area (TPSA) is 64.0 Å². The molecule has 1 amide bonds. The van der Waals surface area contributed by atoms with Crippen molar-refractivity contribution in [3.05, 3.63) is 0 Å². The second-order valence-corrected chi connectivity index (χ2v) is 6.07. The van der Waals surface area contributed by atoms with Crippen molar-refractivity contribution >= 4 is 5.91 Å². The Hall–Kier alpha value is -0.650. The standard InChI is InChI=1S/C13H24N2O3/c1-9-3-10(2)5-15(4-9)13(18)8-14-6-11(16)12(17)7-14/h9-12,16-17H,3-8H2,1-2H3/t9?,10?,11-,12+. The van der Waals surface area contributed by atoms with E-state index in [1.165, 1.54) is 6.42 Å². The van der Waals surface area contributed by atoms with E-state index < -0.39 is 12.2 Å². The summed E-state index contributed by atoms with van der Waals surface area (Å²) in [6.45, 7) is 7.13. The molecular formula is C13H24N2O3. The zero-order chi connectivity index (χ0) is 13.3. The molecule has 2 saturated heterocycles. The molecule has 2 fully saturated rings. The molecule has 5 nitrogen and oxygen atoms in total. The smallest absolute Gasteiger partial charge is 0.236 e. The van der Waals surface area contributed by atoms with E-state index in [1.807, 2.05) is 9.80 Å². The van der Waals surface area contributed by atoms with Gasteiger partial charge in [-0.2, -0.15) is 0 Å². The van der Waals surface area contributed by atoms with Crippen molar-refractivity contribution in [1.29, 1.82) is 0 Å². The van der Waals surface area contributed by atoms with E-state index in [0.29, 0.717) is 31.5 Å². The fourth-order valence-electron chi connectivity index (χ4n) is 3.13. The van der Waals surface area contributed by atoms with Gasteiger partial charge < -0.3 is 15.1 Å². The molecule has 104 valence electrons. The van der Waals surface area contributed by atoms with Gasteiger partial charge in [-0.25, -0.2) is 0 Å². The highest BCUT2D eigenvalue weighted by Gasteiger charge is 2.32. The fourth-order valence-corrected chi connectivity index (χ4v) is 3.13. The van der Waals surface area contributed by atoms with Gasteiger partial charge in [0.05, 0.1) is 18.8 Å². The lowest BCUT2D eigenvalue weighted by molar-refractivity contribution is -0.134. The molecule has 0 aromatic heterocycles. The van der Waals surface area contributed by atoms with Crippen LogP contribution in [0, 0.1) is 11.8 Å². The Bertz CT molecular complexity index is 291. The Balaban J connectivity index is 1.84. The number of hydrogen-bond donors (Lipinski definition) is 2. The van der Waals surface area contributed by atoms with E-state index in [2.05, 4.69) is 13.8 Å². The monoisotopic (exact) mass is 256 g/mol. The Labute approximate surface area is 108 Å². The average molecular weight is 256 g/mol.